The van der Waals surface area contributed by atoms with Crippen LogP contribution in [0.15, 0.2) is 11.6 Å². The molecule has 0 bridgehead atoms. The predicted octanol–water partition coefficient (Wildman–Crippen LogP) is 0.910. The van der Waals surface area contributed by atoms with Crippen LogP contribution in [-0.2, 0) is 4.79 Å². The molecule has 0 aliphatic carbocycles. The number of aliphatic carboxylic acids is 1. The van der Waals surface area contributed by atoms with Gasteiger partial charge in [0.05, 0.1) is 0 Å². The zero-order valence-electron chi connectivity index (χ0n) is 6.55. The van der Waals surface area contributed by atoms with Crippen molar-refractivity contribution in [3.63, 3.8) is 0 Å². The molecule has 0 aliphatic rings. The topological polar surface area (TPSA) is 37.3 Å². The number of carbonyl (C=O) groups is 1. The molecular formula is C8H16Na2O2. The van der Waals surface area contributed by atoms with Gasteiger partial charge in [0, 0.05) is 5.57 Å². The van der Waals surface area contributed by atoms with Crippen LogP contribution in [0.3, 0.4) is 0 Å². The van der Waals surface area contributed by atoms with Crippen molar-refractivity contribution in [2.24, 2.45) is 0 Å². The second kappa shape index (κ2) is 12.2. The molecule has 0 amide bonds. The monoisotopic (exact) mass is 190 g/mol. The first kappa shape index (κ1) is 18.9. The molecule has 0 saturated heterocycles. The summed E-state index contributed by atoms with van der Waals surface area (Å²) < 4.78 is 0. The van der Waals surface area contributed by atoms with Crippen molar-refractivity contribution >= 4 is 65.1 Å². The summed E-state index contributed by atoms with van der Waals surface area (Å²) in [6, 6.07) is 0. The van der Waals surface area contributed by atoms with Gasteiger partial charge in [-0.1, -0.05) is 25.8 Å². The van der Waals surface area contributed by atoms with Crippen LogP contribution in [0.1, 0.15) is 33.1 Å². The second-order valence-corrected chi connectivity index (χ2v) is 2.33. The van der Waals surface area contributed by atoms with Gasteiger partial charge in [-0.2, -0.15) is 0 Å². The summed E-state index contributed by atoms with van der Waals surface area (Å²) in [4.78, 5) is 10.2. The molecule has 1 N–H and O–H groups in total. The summed E-state index contributed by atoms with van der Waals surface area (Å²) in [6.07, 6.45) is 4.84. The van der Waals surface area contributed by atoms with Gasteiger partial charge in [0.2, 0.25) is 0 Å². The van der Waals surface area contributed by atoms with Crippen molar-refractivity contribution in [2.45, 2.75) is 33.1 Å². The van der Waals surface area contributed by atoms with Crippen LogP contribution in [-0.4, -0.2) is 70.2 Å². The van der Waals surface area contributed by atoms with E-state index in [1.165, 1.54) is 0 Å². The normalized spacial score (nSPS) is 9.67. The van der Waals surface area contributed by atoms with Gasteiger partial charge < -0.3 is 5.11 Å². The van der Waals surface area contributed by atoms with Crippen LogP contribution >= 0.6 is 0 Å². The van der Waals surface area contributed by atoms with Crippen molar-refractivity contribution in [3.05, 3.63) is 11.6 Å². The molecule has 0 aromatic carbocycles. The Kier molecular flexibility index (Phi) is 19.2. The third-order valence-electron chi connectivity index (χ3n) is 1.35. The standard InChI is InChI=1S/C8H14O2.2Na.2H/c1-3-4-5-6-7(2)8(9)10;;;;/h6H,3-5H2,1-2H3,(H,9,10);;;;. The van der Waals surface area contributed by atoms with Gasteiger partial charge in [-0.3, -0.25) is 0 Å². The SMILES string of the molecule is CCCCC=C(C)C(=O)O.[NaH].[NaH]. The Balaban J connectivity index is -0.000000405. The zero-order chi connectivity index (χ0) is 7.98. The summed E-state index contributed by atoms with van der Waals surface area (Å²) in [5.41, 5.74) is 0.452. The van der Waals surface area contributed by atoms with Crippen LogP contribution in [0.4, 0.5) is 0 Å². The van der Waals surface area contributed by atoms with Crippen LogP contribution in [0.5, 0.6) is 0 Å². The molecule has 0 aromatic rings. The first-order valence-electron chi connectivity index (χ1n) is 3.58. The van der Waals surface area contributed by atoms with E-state index in [1.54, 1.807) is 13.0 Å². The van der Waals surface area contributed by atoms with Crippen LogP contribution in [0.25, 0.3) is 0 Å². The van der Waals surface area contributed by atoms with E-state index in [4.69, 9.17) is 5.11 Å². The second-order valence-electron chi connectivity index (χ2n) is 2.33. The minimum atomic E-state index is -0.809. The Morgan fingerprint density at radius 2 is 1.92 bits per heavy atom. The van der Waals surface area contributed by atoms with E-state index < -0.39 is 5.97 Å². The number of carboxylic acids is 1. The molecule has 0 spiro atoms. The van der Waals surface area contributed by atoms with E-state index >= 15 is 0 Å². The third-order valence-corrected chi connectivity index (χ3v) is 1.35. The molecule has 0 heterocycles. The third kappa shape index (κ3) is 11.2. The van der Waals surface area contributed by atoms with Gasteiger partial charge >= 0.3 is 65.1 Å². The van der Waals surface area contributed by atoms with Crippen LogP contribution < -0.4 is 0 Å². The van der Waals surface area contributed by atoms with E-state index in [1.807, 2.05) is 0 Å². The summed E-state index contributed by atoms with van der Waals surface area (Å²) in [6.45, 7) is 3.71. The molecule has 0 atom stereocenters. The fourth-order valence-corrected chi connectivity index (χ4v) is 0.610. The Hall–Kier alpha value is 1.21. The van der Waals surface area contributed by atoms with Crippen molar-refractivity contribution < 1.29 is 9.90 Å². The van der Waals surface area contributed by atoms with Gasteiger partial charge in [0.1, 0.15) is 0 Å². The van der Waals surface area contributed by atoms with E-state index in [2.05, 4.69) is 6.92 Å². The minimum absolute atomic E-state index is 0. The molecule has 12 heavy (non-hydrogen) atoms. The molecule has 0 unspecified atom stereocenters. The van der Waals surface area contributed by atoms with E-state index in [0.717, 1.165) is 19.3 Å². The van der Waals surface area contributed by atoms with E-state index in [9.17, 15) is 4.79 Å². The fourth-order valence-electron chi connectivity index (χ4n) is 0.610. The summed E-state index contributed by atoms with van der Waals surface area (Å²) in [5.74, 6) is -0.809. The maximum absolute atomic E-state index is 10.2. The molecule has 2 nitrogen and oxygen atoms in total. The number of carboxylic acid groups (broad SMARTS) is 1. The number of hydrogen-bond acceptors (Lipinski definition) is 1. The Morgan fingerprint density at radius 1 is 1.42 bits per heavy atom. The van der Waals surface area contributed by atoms with Crippen LogP contribution in [0, 0.1) is 0 Å². The van der Waals surface area contributed by atoms with E-state index in [-0.39, 0.29) is 59.1 Å². The molecule has 0 aliphatic heterocycles. The first-order chi connectivity index (χ1) is 4.68. The van der Waals surface area contributed by atoms with Crippen molar-refractivity contribution in [2.75, 3.05) is 0 Å². The number of hydrogen-bond donors (Lipinski definition) is 1. The molecule has 62 valence electrons. The fraction of sp³-hybridized carbons (Fsp3) is 0.625. The molecule has 0 rings (SSSR count). The average molecular weight is 190 g/mol. The molecular weight excluding hydrogens is 174 g/mol. The molecule has 0 aromatic heterocycles. The summed E-state index contributed by atoms with van der Waals surface area (Å²) >= 11 is 0. The Morgan fingerprint density at radius 3 is 2.25 bits per heavy atom. The Bertz CT molecular complexity index is 144. The quantitative estimate of drug-likeness (QED) is 0.406. The van der Waals surface area contributed by atoms with Crippen molar-refractivity contribution in [3.8, 4) is 0 Å². The predicted molar refractivity (Wildman–Crippen MR) is 55.2 cm³/mol. The summed E-state index contributed by atoms with van der Waals surface area (Å²) in [5, 5.41) is 8.41. The first-order valence-corrected chi connectivity index (χ1v) is 3.58. The van der Waals surface area contributed by atoms with Gasteiger partial charge in [0.15, 0.2) is 0 Å². The van der Waals surface area contributed by atoms with Crippen molar-refractivity contribution in [1.82, 2.24) is 0 Å². The molecule has 0 radical (unpaired) electrons. The number of allylic oxidation sites excluding steroid dienone is 1. The van der Waals surface area contributed by atoms with Gasteiger partial charge in [0.25, 0.3) is 0 Å². The van der Waals surface area contributed by atoms with E-state index in [0.29, 0.717) is 5.57 Å². The van der Waals surface area contributed by atoms with Gasteiger partial charge in [-0.05, 0) is 13.3 Å². The molecule has 4 heteroatoms. The van der Waals surface area contributed by atoms with Crippen molar-refractivity contribution in [1.29, 1.82) is 0 Å². The molecule has 0 fully saturated rings. The molecule has 0 saturated carbocycles. The average Bonchev–Trinajstić information content (AvgIpc) is 1.88. The van der Waals surface area contributed by atoms with Crippen LogP contribution in [0.2, 0.25) is 0 Å². The van der Waals surface area contributed by atoms with Gasteiger partial charge in [-0.25, -0.2) is 4.79 Å². The summed E-state index contributed by atoms with van der Waals surface area (Å²) in [7, 11) is 0. The zero-order valence-corrected chi connectivity index (χ0v) is 6.55. The Labute approximate surface area is 118 Å². The maximum atomic E-state index is 10.2. The van der Waals surface area contributed by atoms with Gasteiger partial charge in [-0.15, -0.1) is 0 Å². The number of rotatable bonds is 4. The number of unbranched alkanes of at least 4 members (excludes halogenated alkanes) is 2.